The number of hydrogen-bond acceptors (Lipinski definition) is 5. The van der Waals surface area contributed by atoms with E-state index in [0.29, 0.717) is 0 Å². The molecule has 2 aromatic rings. The topological polar surface area (TPSA) is 60.1 Å². The Hall–Kier alpha value is -1.70. The number of nitrogens with zero attached hydrogens (tertiary/aromatic N) is 5. The molecule has 24 heavy (non-hydrogen) atoms. The smallest absolute Gasteiger partial charge is 0.0897 e. The summed E-state index contributed by atoms with van der Waals surface area (Å²) in [6, 6.07) is 4.22. The van der Waals surface area contributed by atoms with Gasteiger partial charge in [-0.1, -0.05) is 0 Å². The second kappa shape index (κ2) is 7.46. The zero-order valence-corrected chi connectivity index (χ0v) is 14.1. The molecule has 2 aliphatic rings. The van der Waals surface area contributed by atoms with Crippen molar-refractivity contribution < 1.29 is 4.74 Å². The summed E-state index contributed by atoms with van der Waals surface area (Å²) in [5.74, 6) is 0. The van der Waals surface area contributed by atoms with Crippen molar-refractivity contribution in [3.05, 3.63) is 35.9 Å². The third-order valence-electron chi connectivity index (χ3n) is 4.71. The van der Waals surface area contributed by atoms with E-state index in [4.69, 9.17) is 9.84 Å². The maximum absolute atomic E-state index is 6.00. The van der Waals surface area contributed by atoms with E-state index in [1.54, 1.807) is 0 Å². The van der Waals surface area contributed by atoms with Crippen molar-refractivity contribution in [3.63, 3.8) is 0 Å². The lowest BCUT2D eigenvalue weighted by Crippen LogP contribution is -2.34. The summed E-state index contributed by atoms with van der Waals surface area (Å²) in [6.07, 6.45) is 6.23. The number of ether oxygens (including phenoxy) is 1. The van der Waals surface area contributed by atoms with Gasteiger partial charge in [0.15, 0.2) is 0 Å². The predicted octanol–water partition coefficient (Wildman–Crippen LogP) is 0.864. The van der Waals surface area contributed by atoms with Crippen LogP contribution in [0.5, 0.6) is 0 Å². The van der Waals surface area contributed by atoms with Gasteiger partial charge in [-0.3, -0.25) is 14.3 Å². The van der Waals surface area contributed by atoms with Gasteiger partial charge in [0.05, 0.1) is 24.0 Å². The van der Waals surface area contributed by atoms with Crippen LogP contribution in [0, 0.1) is 0 Å². The van der Waals surface area contributed by atoms with Gasteiger partial charge in [-0.25, -0.2) is 0 Å². The van der Waals surface area contributed by atoms with Gasteiger partial charge in [0.2, 0.25) is 0 Å². The Morgan fingerprint density at radius 2 is 2.29 bits per heavy atom. The zero-order valence-electron chi connectivity index (χ0n) is 14.1. The SMILES string of the molecule is c1cnn(C[C@@H]2CN(Cc3cc4n(n3)CCCNC4)CCCO2)c1. The van der Waals surface area contributed by atoms with Crippen LogP contribution in [0.1, 0.15) is 24.2 Å². The van der Waals surface area contributed by atoms with Crippen LogP contribution in [0.2, 0.25) is 0 Å². The van der Waals surface area contributed by atoms with Crippen LogP contribution >= 0.6 is 0 Å². The van der Waals surface area contributed by atoms with Crippen LogP contribution in [-0.4, -0.2) is 56.8 Å². The summed E-state index contributed by atoms with van der Waals surface area (Å²) < 4.78 is 10.1. The normalized spacial score (nSPS) is 22.8. The number of hydrogen-bond donors (Lipinski definition) is 1. The van der Waals surface area contributed by atoms with Gasteiger partial charge >= 0.3 is 0 Å². The molecule has 0 aromatic carbocycles. The van der Waals surface area contributed by atoms with E-state index in [-0.39, 0.29) is 6.10 Å². The minimum atomic E-state index is 0.189. The third-order valence-corrected chi connectivity index (χ3v) is 4.71. The lowest BCUT2D eigenvalue weighted by molar-refractivity contribution is 0.0389. The van der Waals surface area contributed by atoms with Crippen molar-refractivity contribution in [1.29, 1.82) is 0 Å². The first-order valence-corrected chi connectivity index (χ1v) is 8.94. The fourth-order valence-corrected chi connectivity index (χ4v) is 3.57. The summed E-state index contributed by atoms with van der Waals surface area (Å²) >= 11 is 0. The molecular formula is C17H26N6O. The second-order valence-electron chi connectivity index (χ2n) is 6.69. The van der Waals surface area contributed by atoms with Gasteiger partial charge in [0, 0.05) is 51.7 Å². The maximum Gasteiger partial charge on any atom is 0.0897 e. The number of fused-ring (bicyclic) bond motifs is 1. The summed E-state index contributed by atoms with van der Waals surface area (Å²) in [5, 5.41) is 12.6. The van der Waals surface area contributed by atoms with Gasteiger partial charge in [0.1, 0.15) is 0 Å². The molecule has 7 heteroatoms. The molecule has 4 heterocycles. The van der Waals surface area contributed by atoms with Gasteiger partial charge in [-0.05, 0) is 31.5 Å². The molecule has 0 bridgehead atoms. The van der Waals surface area contributed by atoms with E-state index >= 15 is 0 Å². The number of rotatable bonds is 4. The first-order valence-electron chi connectivity index (χ1n) is 8.94. The highest BCUT2D eigenvalue weighted by Gasteiger charge is 2.21. The van der Waals surface area contributed by atoms with Gasteiger partial charge in [-0.15, -0.1) is 0 Å². The average molecular weight is 330 g/mol. The maximum atomic E-state index is 6.00. The van der Waals surface area contributed by atoms with E-state index < -0.39 is 0 Å². The quantitative estimate of drug-likeness (QED) is 0.901. The molecule has 0 unspecified atom stereocenters. The molecule has 2 aliphatic heterocycles. The van der Waals surface area contributed by atoms with Gasteiger partial charge in [0.25, 0.3) is 0 Å². The molecule has 130 valence electrons. The van der Waals surface area contributed by atoms with E-state index in [9.17, 15) is 0 Å². The summed E-state index contributed by atoms with van der Waals surface area (Å²) in [5.41, 5.74) is 2.48. The minimum absolute atomic E-state index is 0.189. The molecule has 0 amide bonds. The molecule has 2 aromatic heterocycles. The molecule has 7 nitrogen and oxygen atoms in total. The molecule has 1 saturated heterocycles. The van der Waals surface area contributed by atoms with Crippen LogP contribution in [0.15, 0.2) is 24.5 Å². The number of nitrogens with one attached hydrogen (secondary N) is 1. The molecule has 0 spiro atoms. The summed E-state index contributed by atoms with van der Waals surface area (Å²) in [4.78, 5) is 2.47. The van der Waals surface area contributed by atoms with Crippen molar-refractivity contribution in [2.75, 3.05) is 26.2 Å². The van der Waals surface area contributed by atoms with Crippen molar-refractivity contribution in [2.24, 2.45) is 0 Å². The Balaban J connectivity index is 1.39. The van der Waals surface area contributed by atoms with E-state index in [2.05, 4.69) is 26.1 Å². The second-order valence-corrected chi connectivity index (χ2v) is 6.69. The molecule has 1 fully saturated rings. The lowest BCUT2D eigenvalue weighted by atomic mass is 10.2. The fourth-order valence-electron chi connectivity index (χ4n) is 3.57. The summed E-state index contributed by atoms with van der Waals surface area (Å²) in [6.45, 7) is 7.57. The third kappa shape index (κ3) is 3.85. The Morgan fingerprint density at radius 1 is 1.29 bits per heavy atom. The molecule has 0 saturated carbocycles. The first kappa shape index (κ1) is 15.8. The standard InChI is InChI=1S/C17H26N6O/c1-4-18-11-16-10-15(20-23(16)8-1)12-21-6-3-9-24-17(13-21)14-22-7-2-5-19-22/h2,5,7,10,17-18H,1,3-4,6,8-9,11-14H2/t17-/m0/s1. The Kier molecular flexibility index (Phi) is 4.91. The van der Waals surface area contributed by atoms with Gasteiger partial charge < -0.3 is 10.1 Å². The molecule has 1 atom stereocenters. The minimum Gasteiger partial charge on any atom is -0.375 e. The monoisotopic (exact) mass is 330 g/mol. The van der Waals surface area contributed by atoms with Crippen molar-refractivity contribution in [3.8, 4) is 0 Å². The van der Waals surface area contributed by atoms with E-state index in [1.807, 2.05) is 23.1 Å². The van der Waals surface area contributed by atoms with Crippen LogP contribution < -0.4 is 5.32 Å². The molecular weight excluding hydrogens is 304 g/mol. The van der Waals surface area contributed by atoms with Gasteiger partial charge in [-0.2, -0.15) is 10.2 Å². The van der Waals surface area contributed by atoms with E-state index in [0.717, 1.165) is 65.3 Å². The van der Waals surface area contributed by atoms with Crippen LogP contribution in [-0.2, 0) is 30.9 Å². The lowest BCUT2D eigenvalue weighted by Gasteiger charge is -2.22. The largest absolute Gasteiger partial charge is 0.375 e. The van der Waals surface area contributed by atoms with Crippen LogP contribution in [0.3, 0.4) is 0 Å². The zero-order chi connectivity index (χ0) is 16.2. The summed E-state index contributed by atoms with van der Waals surface area (Å²) in [7, 11) is 0. The predicted molar refractivity (Wildman–Crippen MR) is 90.4 cm³/mol. The van der Waals surface area contributed by atoms with Crippen molar-refractivity contribution in [2.45, 2.75) is 45.1 Å². The number of aryl methyl sites for hydroxylation is 1. The highest BCUT2D eigenvalue weighted by molar-refractivity contribution is 5.11. The Labute approximate surface area is 142 Å². The highest BCUT2D eigenvalue weighted by atomic mass is 16.5. The Morgan fingerprint density at radius 3 is 3.21 bits per heavy atom. The van der Waals surface area contributed by atoms with Crippen molar-refractivity contribution in [1.82, 2.24) is 29.8 Å². The van der Waals surface area contributed by atoms with Crippen LogP contribution in [0.25, 0.3) is 0 Å². The molecule has 0 aliphatic carbocycles. The molecule has 0 radical (unpaired) electrons. The molecule has 1 N–H and O–H groups in total. The fraction of sp³-hybridized carbons (Fsp3) is 0.647. The highest BCUT2D eigenvalue weighted by Crippen LogP contribution is 2.14. The van der Waals surface area contributed by atoms with Crippen molar-refractivity contribution >= 4 is 0 Å². The van der Waals surface area contributed by atoms with Crippen LogP contribution in [0.4, 0.5) is 0 Å². The van der Waals surface area contributed by atoms with E-state index in [1.165, 1.54) is 11.4 Å². The average Bonchev–Trinajstić information content (AvgIpc) is 3.09. The Bertz CT molecular complexity index is 614. The first-order chi connectivity index (χ1) is 11.9. The molecule has 4 rings (SSSR count). The number of aromatic nitrogens is 4.